The summed E-state index contributed by atoms with van der Waals surface area (Å²) in [6.45, 7) is -0.982. The Kier molecular flexibility index (Phi) is 11.5. The lowest BCUT2D eigenvalue weighted by atomic mass is 9.98. The maximum Gasteiger partial charge on any atom is 0.338 e. The maximum absolute atomic E-state index is 12.9. The van der Waals surface area contributed by atoms with Gasteiger partial charge in [-0.1, -0.05) is 31.9 Å². The monoisotopic (exact) mass is 720 g/mol. The van der Waals surface area contributed by atoms with Gasteiger partial charge in [-0.3, -0.25) is 0 Å². The van der Waals surface area contributed by atoms with E-state index in [4.69, 9.17) is 28.4 Å². The minimum Gasteiger partial charge on any atom is -0.459 e. The molecule has 0 spiro atoms. The van der Waals surface area contributed by atoms with Crippen LogP contribution in [0.2, 0.25) is 0 Å². The number of ether oxygens (including phenoxy) is 6. The lowest BCUT2D eigenvalue weighted by molar-refractivity contribution is -0.328. The van der Waals surface area contributed by atoms with Crippen molar-refractivity contribution in [3.8, 4) is 0 Å². The topological polar surface area (TPSA) is 191 Å². The fourth-order valence-corrected chi connectivity index (χ4v) is 4.90. The Labute approximate surface area is 257 Å². The molecule has 0 unspecified atom stereocenters. The van der Waals surface area contributed by atoms with Gasteiger partial charge in [0.05, 0.1) is 17.7 Å². The van der Waals surface area contributed by atoms with E-state index in [9.17, 15) is 35.1 Å². The highest BCUT2D eigenvalue weighted by molar-refractivity contribution is 9.10. The van der Waals surface area contributed by atoms with Crippen molar-refractivity contribution in [2.45, 2.75) is 61.4 Å². The fourth-order valence-electron chi connectivity index (χ4n) is 4.37. The quantitative estimate of drug-likeness (QED) is 0.226. The summed E-state index contributed by atoms with van der Waals surface area (Å²) >= 11 is 6.56. The minimum absolute atomic E-state index is 0.153. The zero-order valence-electron chi connectivity index (χ0n) is 22.1. The summed E-state index contributed by atoms with van der Waals surface area (Å²) in [5, 5.41) is 52.1. The van der Waals surface area contributed by atoms with Gasteiger partial charge in [-0.25, -0.2) is 9.59 Å². The van der Waals surface area contributed by atoms with E-state index in [-0.39, 0.29) is 11.1 Å². The molecule has 15 heteroatoms. The van der Waals surface area contributed by atoms with Gasteiger partial charge >= 0.3 is 11.9 Å². The second kappa shape index (κ2) is 14.6. The van der Waals surface area contributed by atoms with Crippen LogP contribution in [0.5, 0.6) is 0 Å². The predicted octanol–water partition coefficient (Wildman–Crippen LogP) is 0.511. The summed E-state index contributed by atoms with van der Waals surface area (Å²) in [6, 6.07) is 12.6. The molecule has 2 aliphatic heterocycles. The van der Waals surface area contributed by atoms with Crippen LogP contribution in [-0.4, -0.2) is 119 Å². The van der Waals surface area contributed by atoms with Crippen LogP contribution in [0, 0.1) is 0 Å². The maximum atomic E-state index is 12.9. The van der Waals surface area contributed by atoms with Crippen LogP contribution in [0.1, 0.15) is 20.7 Å². The number of esters is 2. The Morgan fingerprint density at radius 1 is 0.690 bits per heavy atom. The Balaban J connectivity index is 1.48. The number of aliphatic hydroxyl groups is 5. The molecule has 42 heavy (non-hydrogen) atoms. The Morgan fingerprint density at radius 2 is 1.21 bits per heavy atom. The average molecular weight is 722 g/mol. The largest absolute Gasteiger partial charge is 0.459 e. The summed E-state index contributed by atoms with van der Waals surface area (Å²) in [4.78, 5) is 25.5. The molecule has 230 valence electrons. The molecule has 2 aromatic rings. The highest BCUT2D eigenvalue weighted by atomic mass is 79.9. The smallest absolute Gasteiger partial charge is 0.338 e. The SMILES string of the molecule is CO[C@H]1O[C@H](CO[C@@H]2O[C@H](COC(=O)c3ccc(Br)cc3)[C@@H](OC(=O)c3ccc(Br)cc3)[C@H](O)[C@H]2O)[C@@H](O)[C@H](O)[C@H]1O. The first-order valence-electron chi connectivity index (χ1n) is 12.7. The summed E-state index contributed by atoms with van der Waals surface area (Å²) in [6.07, 6.45) is -15.1. The van der Waals surface area contributed by atoms with Crippen LogP contribution in [0.3, 0.4) is 0 Å². The van der Waals surface area contributed by atoms with Crippen molar-refractivity contribution < 1.29 is 63.5 Å². The molecule has 0 bridgehead atoms. The van der Waals surface area contributed by atoms with E-state index in [0.29, 0.717) is 0 Å². The van der Waals surface area contributed by atoms with Gasteiger partial charge in [-0.05, 0) is 48.5 Å². The van der Waals surface area contributed by atoms with Crippen molar-refractivity contribution >= 4 is 43.8 Å². The molecule has 0 saturated carbocycles. The summed E-state index contributed by atoms with van der Waals surface area (Å²) in [5.41, 5.74) is 0.378. The normalized spacial score (nSPS) is 33.1. The third kappa shape index (κ3) is 7.73. The van der Waals surface area contributed by atoms with Crippen LogP contribution < -0.4 is 0 Å². The lowest BCUT2D eigenvalue weighted by Gasteiger charge is -2.43. The molecule has 13 nitrogen and oxygen atoms in total. The van der Waals surface area contributed by atoms with Gasteiger partial charge in [0.1, 0.15) is 49.3 Å². The first-order chi connectivity index (χ1) is 20.0. The van der Waals surface area contributed by atoms with E-state index in [1.165, 1.54) is 31.4 Å². The molecule has 10 atom stereocenters. The fraction of sp³-hybridized carbons (Fsp3) is 0.481. The molecule has 2 fully saturated rings. The van der Waals surface area contributed by atoms with Crippen molar-refractivity contribution in [1.29, 1.82) is 0 Å². The molecule has 2 heterocycles. The second-order valence-electron chi connectivity index (χ2n) is 9.59. The standard InChI is InChI=1S/C27H30Br2O13/c1-37-26-21(33)19(31)18(30)16(40-26)10-39-27-22(34)20(32)23(42-25(36)13-4-8-15(29)9-5-13)17(41-27)11-38-24(35)12-2-6-14(28)7-3-12/h2-9,16-23,26-27,30-34H,10-11H2,1H3/t16-,17-,18-,19+,20-,21-,22-,23-,26+,27-/m1/s1. The molecule has 2 aromatic carbocycles. The van der Waals surface area contributed by atoms with E-state index in [1.807, 2.05) is 0 Å². The number of halogens is 2. The zero-order chi connectivity index (χ0) is 30.6. The van der Waals surface area contributed by atoms with Crippen molar-refractivity contribution in [3.05, 3.63) is 68.6 Å². The zero-order valence-corrected chi connectivity index (χ0v) is 25.2. The van der Waals surface area contributed by atoms with Crippen LogP contribution in [0.4, 0.5) is 0 Å². The van der Waals surface area contributed by atoms with Gasteiger partial charge in [0, 0.05) is 16.1 Å². The number of carbonyl (C=O) groups is 2. The second-order valence-corrected chi connectivity index (χ2v) is 11.4. The molecular weight excluding hydrogens is 692 g/mol. The first kappa shape index (κ1) is 32.9. The number of rotatable bonds is 9. The van der Waals surface area contributed by atoms with Gasteiger partial charge in [0.2, 0.25) is 0 Å². The molecule has 0 radical (unpaired) electrons. The molecule has 2 aliphatic rings. The molecule has 5 N–H and O–H groups in total. The van der Waals surface area contributed by atoms with Gasteiger partial charge in [-0.15, -0.1) is 0 Å². The highest BCUT2D eigenvalue weighted by Gasteiger charge is 2.49. The van der Waals surface area contributed by atoms with Crippen molar-refractivity contribution in [1.82, 2.24) is 0 Å². The van der Waals surface area contributed by atoms with Gasteiger partial charge in [-0.2, -0.15) is 0 Å². The summed E-state index contributed by atoms with van der Waals surface area (Å²) < 4.78 is 34.1. The Bertz CT molecular complexity index is 1200. The third-order valence-corrected chi connectivity index (χ3v) is 7.81. The van der Waals surface area contributed by atoms with E-state index in [0.717, 1.165) is 8.95 Å². The van der Waals surface area contributed by atoms with Crippen LogP contribution >= 0.6 is 31.9 Å². The van der Waals surface area contributed by atoms with Crippen LogP contribution in [0.15, 0.2) is 57.5 Å². The van der Waals surface area contributed by atoms with E-state index in [2.05, 4.69) is 31.9 Å². The number of hydrogen-bond donors (Lipinski definition) is 5. The summed E-state index contributed by atoms with van der Waals surface area (Å²) in [5.74, 6) is -1.55. The number of methoxy groups -OCH3 is 1. The van der Waals surface area contributed by atoms with Crippen LogP contribution in [-0.2, 0) is 28.4 Å². The highest BCUT2D eigenvalue weighted by Crippen LogP contribution is 2.28. The van der Waals surface area contributed by atoms with Gasteiger partial charge < -0.3 is 54.0 Å². The Morgan fingerprint density at radius 3 is 1.79 bits per heavy atom. The molecule has 0 aliphatic carbocycles. The summed E-state index contributed by atoms with van der Waals surface area (Å²) in [7, 11) is 1.23. The Hall–Kier alpha value is -2.02. The number of hydrogen-bond acceptors (Lipinski definition) is 13. The van der Waals surface area contributed by atoms with Crippen LogP contribution in [0.25, 0.3) is 0 Å². The third-order valence-electron chi connectivity index (χ3n) is 6.75. The van der Waals surface area contributed by atoms with Crippen molar-refractivity contribution in [2.24, 2.45) is 0 Å². The van der Waals surface area contributed by atoms with Crippen molar-refractivity contribution in [2.75, 3.05) is 20.3 Å². The first-order valence-corrected chi connectivity index (χ1v) is 14.3. The van der Waals surface area contributed by atoms with Gasteiger partial charge in [0.25, 0.3) is 0 Å². The molecule has 0 aromatic heterocycles. The molecule has 4 rings (SSSR count). The number of benzene rings is 2. The van der Waals surface area contributed by atoms with Crippen molar-refractivity contribution in [3.63, 3.8) is 0 Å². The van der Waals surface area contributed by atoms with E-state index >= 15 is 0 Å². The number of carbonyl (C=O) groups excluding carboxylic acids is 2. The molecular formula is C27H30Br2O13. The van der Waals surface area contributed by atoms with E-state index < -0.39 is 86.6 Å². The molecule has 2 saturated heterocycles. The predicted molar refractivity (Wildman–Crippen MR) is 148 cm³/mol. The van der Waals surface area contributed by atoms with Gasteiger partial charge in [0.15, 0.2) is 18.7 Å². The molecule has 0 amide bonds. The number of aliphatic hydroxyl groups excluding tert-OH is 5. The minimum atomic E-state index is -1.76. The average Bonchev–Trinajstić information content (AvgIpc) is 2.98. The lowest BCUT2D eigenvalue weighted by Crippen LogP contribution is -2.62. The van der Waals surface area contributed by atoms with E-state index in [1.54, 1.807) is 24.3 Å².